The first kappa shape index (κ1) is 30.0. The van der Waals surface area contributed by atoms with Gasteiger partial charge in [-0.3, -0.25) is 28.9 Å². The van der Waals surface area contributed by atoms with Crippen LogP contribution in [0.5, 0.6) is 0 Å². The minimum absolute atomic E-state index is 0.153. The summed E-state index contributed by atoms with van der Waals surface area (Å²) in [4.78, 5) is 53.0. The van der Waals surface area contributed by atoms with E-state index in [4.69, 9.17) is 4.74 Å². The maximum absolute atomic E-state index is 15.4. The Labute approximate surface area is 253 Å². The summed E-state index contributed by atoms with van der Waals surface area (Å²) >= 11 is 0. The van der Waals surface area contributed by atoms with Gasteiger partial charge < -0.3 is 9.64 Å². The number of benzene rings is 2. The van der Waals surface area contributed by atoms with E-state index >= 15 is 8.78 Å². The van der Waals surface area contributed by atoms with Crippen LogP contribution in [0.2, 0.25) is 0 Å². The van der Waals surface area contributed by atoms with Crippen LogP contribution in [-0.4, -0.2) is 74.0 Å². The van der Waals surface area contributed by atoms with Crippen molar-refractivity contribution in [2.45, 2.75) is 76.6 Å². The molecular weight excluding hydrogens is 572 g/mol. The molecule has 2 aromatic carbocycles. The third-order valence-electron chi connectivity index (χ3n) is 8.84. The number of carbonyl (C=O) groups excluding carboxylic acids is 3. The van der Waals surface area contributed by atoms with Gasteiger partial charge in [-0.2, -0.15) is 0 Å². The number of imide groups is 1. The second-order valence-electron chi connectivity index (χ2n) is 13.0. The number of fused-ring (bicyclic) bond motifs is 2. The summed E-state index contributed by atoms with van der Waals surface area (Å²) in [7, 11) is 1.67. The Hall–Kier alpha value is -4.06. The second kappa shape index (κ2) is 10.8. The standard InChI is InChI=1S/C32H37F2N5O5/c1-31(2,3)44-30(43)38-15-13-25(32(33,34)18-38)37-14-12-19-16-20(8-9-21(19)17-37)22-6-5-7-23-27(22)36(4)29(42)39(23)24-10-11-26(40)35-28(24)41/h5-9,16,24-25H,10-15,17-18H2,1-4H3,(H,35,40,41). The number of piperidine rings is 2. The smallest absolute Gasteiger partial charge is 0.410 e. The molecule has 1 N–H and O–H groups in total. The first-order valence-electron chi connectivity index (χ1n) is 15.0. The number of rotatable bonds is 3. The lowest BCUT2D eigenvalue weighted by atomic mass is 9.91. The molecule has 0 saturated carbocycles. The van der Waals surface area contributed by atoms with Crippen molar-refractivity contribution in [3.63, 3.8) is 0 Å². The molecule has 6 rings (SSSR count). The van der Waals surface area contributed by atoms with E-state index in [9.17, 15) is 19.2 Å². The molecule has 0 spiro atoms. The number of ether oxygens (including phenoxy) is 1. The van der Waals surface area contributed by atoms with Gasteiger partial charge in [0.2, 0.25) is 11.8 Å². The van der Waals surface area contributed by atoms with E-state index in [0.29, 0.717) is 30.5 Å². The number of hydrogen-bond acceptors (Lipinski definition) is 6. The number of halogens is 2. The van der Waals surface area contributed by atoms with Crippen molar-refractivity contribution in [3.8, 4) is 11.1 Å². The summed E-state index contributed by atoms with van der Waals surface area (Å²) in [5.74, 6) is -3.91. The van der Waals surface area contributed by atoms with Gasteiger partial charge in [0.15, 0.2) is 0 Å². The summed E-state index contributed by atoms with van der Waals surface area (Å²) in [5, 5.41) is 2.34. The number of likely N-dealkylation sites (tertiary alicyclic amines) is 1. The number of imidazole rings is 1. The molecule has 0 aliphatic carbocycles. The van der Waals surface area contributed by atoms with Crippen LogP contribution in [0.1, 0.15) is 57.2 Å². The highest BCUT2D eigenvalue weighted by atomic mass is 19.3. The van der Waals surface area contributed by atoms with Crippen LogP contribution in [0.25, 0.3) is 22.2 Å². The molecule has 2 atom stereocenters. The summed E-state index contributed by atoms with van der Waals surface area (Å²) < 4.78 is 39.1. The highest BCUT2D eigenvalue weighted by Crippen LogP contribution is 2.37. The number of nitrogens with zero attached hydrogens (tertiary/aromatic N) is 4. The highest BCUT2D eigenvalue weighted by molar-refractivity contribution is 6.01. The lowest BCUT2D eigenvalue weighted by molar-refractivity contribution is -0.135. The van der Waals surface area contributed by atoms with Crippen molar-refractivity contribution >= 4 is 28.9 Å². The van der Waals surface area contributed by atoms with Crippen molar-refractivity contribution in [2.24, 2.45) is 7.05 Å². The Morgan fingerprint density at radius 3 is 2.50 bits per heavy atom. The summed E-state index contributed by atoms with van der Waals surface area (Å²) in [5.41, 5.74) is 3.91. The van der Waals surface area contributed by atoms with Gasteiger partial charge in [-0.15, -0.1) is 0 Å². The fourth-order valence-electron chi connectivity index (χ4n) is 6.77. The number of nitrogens with one attached hydrogen (secondary N) is 1. The molecule has 12 heteroatoms. The summed E-state index contributed by atoms with van der Waals surface area (Å²) in [6.07, 6.45) is 0.433. The monoisotopic (exact) mass is 609 g/mol. The normalized spacial score (nSPS) is 22.5. The van der Waals surface area contributed by atoms with E-state index in [1.165, 1.54) is 9.13 Å². The predicted molar refractivity (Wildman–Crippen MR) is 159 cm³/mol. The average molecular weight is 610 g/mol. The first-order valence-corrected chi connectivity index (χ1v) is 15.0. The molecule has 2 fully saturated rings. The fourth-order valence-corrected chi connectivity index (χ4v) is 6.77. The number of amides is 3. The molecule has 2 saturated heterocycles. The number of carbonyl (C=O) groups is 3. The maximum atomic E-state index is 15.4. The number of alkyl halides is 2. The minimum atomic E-state index is -3.08. The van der Waals surface area contributed by atoms with Crippen LogP contribution in [0.4, 0.5) is 13.6 Å². The Morgan fingerprint density at radius 1 is 1.02 bits per heavy atom. The summed E-state index contributed by atoms with van der Waals surface area (Å²) in [6, 6.07) is 9.76. The maximum Gasteiger partial charge on any atom is 0.410 e. The highest BCUT2D eigenvalue weighted by Gasteiger charge is 2.49. The van der Waals surface area contributed by atoms with E-state index in [2.05, 4.69) is 11.4 Å². The predicted octanol–water partition coefficient (Wildman–Crippen LogP) is 3.99. The lowest BCUT2D eigenvalue weighted by Crippen LogP contribution is -2.60. The molecule has 234 valence electrons. The molecule has 4 heterocycles. The third kappa shape index (κ3) is 5.40. The van der Waals surface area contributed by atoms with Crippen LogP contribution < -0.4 is 11.0 Å². The molecule has 10 nitrogen and oxygen atoms in total. The summed E-state index contributed by atoms with van der Waals surface area (Å²) in [6.45, 7) is 5.51. The molecule has 3 amide bonds. The SMILES string of the molecule is Cn1c(=O)n(C2CCC(=O)NC2=O)c2cccc(-c3ccc4c(c3)CCN(C3CCN(C(=O)OC(C)(C)C)CC3(F)F)C4)c21. The molecular formula is C32H37F2N5O5. The van der Waals surface area contributed by atoms with E-state index in [1.54, 1.807) is 33.9 Å². The quantitative estimate of drug-likeness (QED) is 0.451. The number of para-hydroxylation sites is 1. The van der Waals surface area contributed by atoms with E-state index in [1.807, 2.05) is 29.2 Å². The molecule has 1 aromatic heterocycles. The molecule has 0 radical (unpaired) electrons. The first-order chi connectivity index (χ1) is 20.7. The number of aromatic nitrogens is 2. The van der Waals surface area contributed by atoms with Crippen molar-refractivity contribution < 1.29 is 27.9 Å². The minimum Gasteiger partial charge on any atom is -0.444 e. The van der Waals surface area contributed by atoms with E-state index in [0.717, 1.165) is 27.2 Å². The largest absolute Gasteiger partial charge is 0.444 e. The lowest BCUT2D eigenvalue weighted by Gasteiger charge is -2.45. The zero-order chi connectivity index (χ0) is 31.6. The molecule has 3 aliphatic heterocycles. The zero-order valence-corrected chi connectivity index (χ0v) is 25.4. The molecule has 2 unspecified atom stereocenters. The van der Waals surface area contributed by atoms with Crippen molar-refractivity contribution in [3.05, 3.63) is 58.0 Å². The van der Waals surface area contributed by atoms with E-state index in [-0.39, 0.29) is 37.4 Å². The Kier molecular flexibility index (Phi) is 7.38. The van der Waals surface area contributed by atoms with Crippen LogP contribution in [0, 0.1) is 0 Å². The second-order valence-corrected chi connectivity index (χ2v) is 13.0. The zero-order valence-electron chi connectivity index (χ0n) is 25.4. The van der Waals surface area contributed by atoms with Crippen LogP contribution >= 0.6 is 0 Å². The van der Waals surface area contributed by atoms with Gasteiger partial charge in [-0.05, 0) is 62.8 Å². The van der Waals surface area contributed by atoms with Gasteiger partial charge >= 0.3 is 11.8 Å². The van der Waals surface area contributed by atoms with Crippen LogP contribution in [-0.2, 0) is 34.3 Å². The van der Waals surface area contributed by atoms with Crippen LogP contribution in [0.3, 0.4) is 0 Å². The molecule has 0 bridgehead atoms. The molecule has 3 aliphatic rings. The van der Waals surface area contributed by atoms with Crippen molar-refractivity contribution in [1.29, 1.82) is 0 Å². The average Bonchev–Trinajstić information content (AvgIpc) is 3.20. The van der Waals surface area contributed by atoms with Gasteiger partial charge in [0, 0.05) is 38.7 Å². The molecule has 3 aromatic rings. The van der Waals surface area contributed by atoms with E-state index < -0.39 is 42.2 Å². The Bertz CT molecular complexity index is 1720. The fraction of sp³-hybridized carbons (Fsp3) is 0.500. The topological polar surface area (TPSA) is 106 Å². The number of aryl methyl sites for hydroxylation is 1. The van der Waals surface area contributed by atoms with Gasteiger partial charge in [0.05, 0.1) is 23.6 Å². The van der Waals surface area contributed by atoms with Crippen molar-refractivity contribution in [2.75, 3.05) is 19.6 Å². The Morgan fingerprint density at radius 2 is 1.80 bits per heavy atom. The Balaban J connectivity index is 1.24. The van der Waals surface area contributed by atoms with Gasteiger partial charge in [-0.1, -0.05) is 30.3 Å². The third-order valence-corrected chi connectivity index (χ3v) is 8.84. The number of hydrogen-bond donors (Lipinski definition) is 1. The van der Waals surface area contributed by atoms with Gasteiger partial charge in [0.25, 0.3) is 5.92 Å². The van der Waals surface area contributed by atoms with Crippen LogP contribution in [0.15, 0.2) is 41.2 Å². The molecule has 44 heavy (non-hydrogen) atoms. The van der Waals surface area contributed by atoms with Gasteiger partial charge in [0.1, 0.15) is 11.6 Å². The van der Waals surface area contributed by atoms with Crippen molar-refractivity contribution in [1.82, 2.24) is 24.3 Å². The van der Waals surface area contributed by atoms with Gasteiger partial charge in [-0.25, -0.2) is 18.4 Å².